The van der Waals surface area contributed by atoms with E-state index in [2.05, 4.69) is 5.32 Å². The summed E-state index contributed by atoms with van der Waals surface area (Å²) in [6, 6.07) is 4.49. The molecule has 2 atom stereocenters. The second kappa shape index (κ2) is 6.87. The maximum atomic E-state index is 13.3. The fourth-order valence-corrected chi connectivity index (χ4v) is 2.48. The molecule has 0 aromatic heterocycles. The Balaban J connectivity index is 1.98. The molecule has 1 aliphatic rings. The molecule has 1 heterocycles. The van der Waals surface area contributed by atoms with Crippen molar-refractivity contribution in [1.29, 1.82) is 0 Å². The molecule has 120 valence electrons. The summed E-state index contributed by atoms with van der Waals surface area (Å²) in [4.78, 5) is 25.6. The summed E-state index contributed by atoms with van der Waals surface area (Å²) < 4.78 is 13.3. The van der Waals surface area contributed by atoms with Gasteiger partial charge in [-0.05, 0) is 44.0 Å². The van der Waals surface area contributed by atoms with E-state index < -0.39 is 12.0 Å². The predicted molar refractivity (Wildman–Crippen MR) is 80.9 cm³/mol. The molecule has 0 bridgehead atoms. The molecule has 1 fully saturated rings. The van der Waals surface area contributed by atoms with Crippen LogP contribution in [0.4, 0.5) is 10.1 Å². The summed E-state index contributed by atoms with van der Waals surface area (Å²) in [5.74, 6) is -1.05. The van der Waals surface area contributed by atoms with Crippen LogP contribution in [0.25, 0.3) is 0 Å². The van der Waals surface area contributed by atoms with Crippen LogP contribution in [0.1, 0.15) is 25.3 Å². The maximum absolute atomic E-state index is 13.3. The molecular formula is C16H21FN2O3. The van der Waals surface area contributed by atoms with Gasteiger partial charge in [0.1, 0.15) is 5.82 Å². The van der Waals surface area contributed by atoms with Crippen LogP contribution < -0.4 is 10.2 Å². The molecule has 2 N–H and O–H groups in total. The Morgan fingerprint density at radius 1 is 1.55 bits per heavy atom. The molecule has 2 rings (SSSR count). The molecule has 2 unspecified atom stereocenters. The van der Waals surface area contributed by atoms with Crippen molar-refractivity contribution in [3.05, 3.63) is 29.6 Å². The summed E-state index contributed by atoms with van der Waals surface area (Å²) in [7, 11) is 0. The van der Waals surface area contributed by atoms with Gasteiger partial charge in [-0.3, -0.25) is 9.59 Å². The fourth-order valence-electron chi connectivity index (χ4n) is 2.48. The molecule has 2 amide bonds. The molecule has 5 nitrogen and oxygen atoms in total. The molecular weight excluding hydrogens is 287 g/mol. The van der Waals surface area contributed by atoms with Crippen LogP contribution in [0.2, 0.25) is 0 Å². The molecule has 1 saturated heterocycles. The van der Waals surface area contributed by atoms with E-state index in [1.165, 1.54) is 11.0 Å². The van der Waals surface area contributed by atoms with Gasteiger partial charge in [-0.1, -0.05) is 0 Å². The first-order valence-corrected chi connectivity index (χ1v) is 7.40. The van der Waals surface area contributed by atoms with Gasteiger partial charge in [0.25, 0.3) is 0 Å². The average molecular weight is 308 g/mol. The number of benzene rings is 1. The zero-order chi connectivity index (χ0) is 16.3. The number of nitrogens with zero attached hydrogens (tertiary/aromatic N) is 1. The van der Waals surface area contributed by atoms with E-state index in [4.69, 9.17) is 5.11 Å². The van der Waals surface area contributed by atoms with E-state index in [0.717, 1.165) is 0 Å². The second-order valence-corrected chi connectivity index (χ2v) is 5.77. The van der Waals surface area contributed by atoms with E-state index in [-0.39, 0.29) is 24.1 Å². The van der Waals surface area contributed by atoms with E-state index >= 15 is 0 Å². The molecule has 0 saturated carbocycles. The van der Waals surface area contributed by atoms with Crippen molar-refractivity contribution in [1.82, 2.24) is 5.32 Å². The van der Waals surface area contributed by atoms with E-state index in [1.54, 1.807) is 26.0 Å². The monoisotopic (exact) mass is 308 g/mol. The first-order valence-electron chi connectivity index (χ1n) is 7.40. The molecule has 1 aliphatic heterocycles. The van der Waals surface area contributed by atoms with Gasteiger partial charge in [0.2, 0.25) is 11.8 Å². The van der Waals surface area contributed by atoms with Crippen LogP contribution >= 0.6 is 0 Å². The smallest absolute Gasteiger partial charge is 0.227 e. The molecule has 1 aromatic rings. The second-order valence-electron chi connectivity index (χ2n) is 5.77. The highest BCUT2D eigenvalue weighted by Crippen LogP contribution is 2.26. The minimum atomic E-state index is -0.468. The number of carbonyl (C=O) groups is 2. The largest absolute Gasteiger partial charge is 0.393 e. The maximum Gasteiger partial charge on any atom is 0.227 e. The van der Waals surface area contributed by atoms with Crippen molar-refractivity contribution in [2.24, 2.45) is 5.92 Å². The van der Waals surface area contributed by atoms with Crippen LogP contribution in [0, 0.1) is 18.7 Å². The Morgan fingerprint density at radius 3 is 2.91 bits per heavy atom. The Labute approximate surface area is 129 Å². The lowest BCUT2D eigenvalue weighted by Gasteiger charge is -2.17. The number of rotatable bonds is 5. The van der Waals surface area contributed by atoms with Gasteiger partial charge in [0.05, 0.1) is 12.0 Å². The summed E-state index contributed by atoms with van der Waals surface area (Å²) in [6.07, 6.45) is 0.161. The van der Waals surface area contributed by atoms with Gasteiger partial charge in [0.15, 0.2) is 0 Å². The first kappa shape index (κ1) is 16.4. The van der Waals surface area contributed by atoms with Crippen LogP contribution in [-0.4, -0.2) is 36.1 Å². The molecule has 0 aliphatic carbocycles. The Bertz CT molecular complexity index is 575. The van der Waals surface area contributed by atoms with Crippen molar-refractivity contribution < 1.29 is 19.1 Å². The highest BCUT2D eigenvalue weighted by molar-refractivity contribution is 6.00. The van der Waals surface area contributed by atoms with Crippen molar-refractivity contribution >= 4 is 17.5 Å². The van der Waals surface area contributed by atoms with Crippen LogP contribution in [-0.2, 0) is 9.59 Å². The van der Waals surface area contributed by atoms with Crippen LogP contribution in [0.15, 0.2) is 18.2 Å². The van der Waals surface area contributed by atoms with E-state index in [1.807, 2.05) is 0 Å². The lowest BCUT2D eigenvalue weighted by Crippen LogP contribution is -2.34. The lowest BCUT2D eigenvalue weighted by molar-refractivity contribution is -0.126. The van der Waals surface area contributed by atoms with Crippen molar-refractivity contribution in [3.63, 3.8) is 0 Å². The summed E-state index contributed by atoms with van der Waals surface area (Å²) in [5, 5.41) is 11.9. The molecule has 1 aromatic carbocycles. The normalized spacial score (nSPS) is 19.4. The highest BCUT2D eigenvalue weighted by atomic mass is 19.1. The number of aryl methyl sites for hydroxylation is 1. The van der Waals surface area contributed by atoms with E-state index in [0.29, 0.717) is 30.8 Å². The third-order valence-corrected chi connectivity index (χ3v) is 3.81. The van der Waals surface area contributed by atoms with E-state index in [9.17, 15) is 14.0 Å². The van der Waals surface area contributed by atoms with Crippen molar-refractivity contribution in [2.45, 2.75) is 32.8 Å². The third kappa shape index (κ3) is 3.82. The summed E-state index contributed by atoms with van der Waals surface area (Å²) >= 11 is 0. The Kier molecular flexibility index (Phi) is 5.13. The van der Waals surface area contributed by atoms with Gasteiger partial charge < -0.3 is 15.3 Å². The Morgan fingerprint density at radius 2 is 2.27 bits per heavy atom. The molecule has 22 heavy (non-hydrogen) atoms. The number of aliphatic hydroxyl groups is 1. The number of amides is 2. The zero-order valence-corrected chi connectivity index (χ0v) is 12.8. The van der Waals surface area contributed by atoms with Crippen molar-refractivity contribution in [3.8, 4) is 0 Å². The van der Waals surface area contributed by atoms with Crippen LogP contribution in [0.5, 0.6) is 0 Å². The molecule has 0 radical (unpaired) electrons. The quantitative estimate of drug-likeness (QED) is 0.863. The predicted octanol–water partition coefficient (Wildman–Crippen LogP) is 1.37. The molecule has 0 spiro atoms. The van der Waals surface area contributed by atoms with Crippen molar-refractivity contribution in [2.75, 3.05) is 18.0 Å². The summed E-state index contributed by atoms with van der Waals surface area (Å²) in [5.41, 5.74) is 1.08. The number of hydrogen-bond donors (Lipinski definition) is 2. The Hall–Kier alpha value is -1.95. The minimum absolute atomic E-state index is 0.137. The highest BCUT2D eigenvalue weighted by Gasteiger charge is 2.35. The zero-order valence-electron chi connectivity index (χ0n) is 12.8. The van der Waals surface area contributed by atoms with Gasteiger partial charge in [-0.2, -0.15) is 0 Å². The van der Waals surface area contributed by atoms with Gasteiger partial charge in [-0.15, -0.1) is 0 Å². The number of hydrogen-bond acceptors (Lipinski definition) is 3. The topological polar surface area (TPSA) is 69.6 Å². The third-order valence-electron chi connectivity index (χ3n) is 3.81. The lowest BCUT2D eigenvalue weighted by atomic mass is 10.1. The number of aliphatic hydroxyl groups excluding tert-OH is 1. The number of anilines is 1. The van der Waals surface area contributed by atoms with Crippen LogP contribution in [0.3, 0.4) is 0 Å². The minimum Gasteiger partial charge on any atom is -0.393 e. The number of carbonyl (C=O) groups excluding carboxylic acids is 2. The van der Waals surface area contributed by atoms with Gasteiger partial charge in [0, 0.05) is 25.2 Å². The summed E-state index contributed by atoms with van der Waals surface area (Å²) in [6.45, 7) is 3.98. The average Bonchev–Trinajstić information content (AvgIpc) is 2.83. The van der Waals surface area contributed by atoms with Gasteiger partial charge in [-0.25, -0.2) is 4.39 Å². The number of halogens is 1. The fraction of sp³-hybridized carbons (Fsp3) is 0.500. The molecule has 6 heteroatoms. The number of nitrogens with one attached hydrogen (secondary N) is 1. The first-order chi connectivity index (χ1) is 10.4. The standard InChI is InChI=1S/C16H21FN2O3/c1-10-7-13(3-4-14(10)17)19-9-12(8-15(19)21)16(22)18-6-5-11(2)20/h3-4,7,11-12,20H,5-6,8-9H2,1-2H3,(H,18,22). The van der Waals surface area contributed by atoms with Gasteiger partial charge >= 0.3 is 0 Å². The SMILES string of the molecule is Cc1cc(N2CC(C(=O)NCCC(C)O)CC2=O)ccc1F.